The SMILES string of the molecule is FC(F)c1nnc(-c2ncccn2)o1. The van der Waals surface area contributed by atoms with Crippen LogP contribution in [0, 0.1) is 0 Å². The van der Waals surface area contributed by atoms with Gasteiger partial charge in [-0.1, -0.05) is 0 Å². The maximum atomic E-state index is 12.1. The molecular weight excluding hydrogens is 194 g/mol. The molecule has 0 aromatic carbocycles. The van der Waals surface area contributed by atoms with E-state index in [9.17, 15) is 8.78 Å². The predicted molar refractivity (Wildman–Crippen MR) is 40.3 cm³/mol. The van der Waals surface area contributed by atoms with Crippen LogP contribution in [0.3, 0.4) is 0 Å². The van der Waals surface area contributed by atoms with Crippen molar-refractivity contribution in [2.45, 2.75) is 6.43 Å². The first-order chi connectivity index (χ1) is 6.77. The van der Waals surface area contributed by atoms with E-state index >= 15 is 0 Å². The number of nitrogens with zero attached hydrogens (tertiary/aromatic N) is 4. The smallest absolute Gasteiger partial charge is 0.314 e. The third-order valence-corrected chi connectivity index (χ3v) is 1.38. The van der Waals surface area contributed by atoms with Gasteiger partial charge in [0.25, 0.3) is 11.8 Å². The van der Waals surface area contributed by atoms with Crippen molar-refractivity contribution in [1.29, 1.82) is 0 Å². The maximum absolute atomic E-state index is 12.1. The van der Waals surface area contributed by atoms with Gasteiger partial charge < -0.3 is 4.42 Å². The molecule has 2 heterocycles. The largest absolute Gasteiger partial charge is 0.412 e. The van der Waals surface area contributed by atoms with Crippen molar-refractivity contribution in [1.82, 2.24) is 20.2 Å². The molecule has 0 fully saturated rings. The molecular formula is C7H4F2N4O. The quantitative estimate of drug-likeness (QED) is 0.730. The number of halogens is 2. The van der Waals surface area contributed by atoms with Crippen LogP contribution < -0.4 is 0 Å². The molecule has 0 spiro atoms. The van der Waals surface area contributed by atoms with E-state index in [-0.39, 0.29) is 11.7 Å². The summed E-state index contributed by atoms with van der Waals surface area (Å²) >= 11 is 0. The van der Waals surface area contributed by atoms with Crippen LogP contribution in [-0.2, 0) is 0 Å². The molecule has 0 unspecified atom stereocenters. The number of hydrogen-bond donors (Lipinski definition) is 0. The average molecular weight is 198 g/mol. The van der Waals surface area contributed by atoms with Crippen LogP contribution >= 0.6 is 0 Å². The summed E-state index contributed by atoms with van der Waals surface area (Å²) in [6.07, 6.45) is 0.128. The lowest BCUT2D eigenvalue weighted by atomic mass is 10.5. The Bertz CT molecular complexity index is 417. The van der Waals surface area contributed by atoms with Gasteiger partial charge in [-0.15, -0.1) is 10.2 Å². The molecule has 0 aliphatic rings. The van der Waals surface area contributed by atoms with Crippen LogP contribution in [0.1, 0.15) is 12.3 Å². The minimum Gasteiger partial charge on any atom is -0.412 e. The van der Waals surface area contributed by atoms with Crippen LogP contribution in [0.4, 0.5) is 8.78 Å². The molecule has 14 heavy (non-hydrogen) atoms. The fourth-order valence-electron chi connectivity index (χ4n) is 0.823. The van der Waals surface area contributed by atoms with Crippen molar-refractivity contribution in [2.24, 2.45) is 0 Å². The molecule has 0 N–H and O–H groups in total. The molecule has 0 saturated carbocycles. The lowest BCUT2D eigenvalue weighted by molar-refractivity contribution is 0.116. The summed E-state index contributed by atoms with van der Waals surface area (Å²) in [6, 6.07) is 1.59. The molecule has 0 bridgehead atoms. The van der Waals surface area contributed by atoms with E-state index in [1.165, 1.54) is 12.4 Å². The number of rotatable bonds is 2. The van der Waals surface area contributed by atoms with Gasteiger partial charge in [-0.3, -0.25) is 0 Å². The predicted octanol–water partition coefficient (Wildman–Crippen LogP) is 1.46. The number of aromatic nitrogens is 4. The minimum absolute atomic E-state index is 0.110. The zero-order valence-corrected chi connectivity index (χ0v) is 6.76. The van der Waals surface area contributed by atoms with Gasteiger partial charge in [0.05, 0.1) is 0 Å². The summed E-state index contributed by atoms with van der Waals surface area (Å²) in [4.78, 5) is 7.54. The highest BCUT2D eigenvalue weighted by Crippen LogP contribution is 2.20. The zero-order chi connectivity index (χ0) is 9.97. The van der Waals surface area contributed by atoms with Crippen LogP contribution in [0.2, 0.25) is 0 Å². The Morgan fingerprint density at radius 3 is 2.43 bits per heavy atom. The Hall–Kier alpha value is -1.92. The Labute approximate surface area is 76.8 Å². The lowest BCUT2D eigenvalue weighted by Gasteiger charge is -1.90. The summed E-state index contributed by atoms with van der Waals surface area (Å²) in [5.74, 6) is -0.708. The van der Waals surface area contributed by atoms with Crippen molar-refractivity contribution in [2.75, 3.05) is 0 Å². The van der Waals surface area contributed by atoms with E-state index in [0.717, 1.165) is 0 Å². The molecule has 0 amide bonds. The molecule has 2 aromatic heterocycles. The molecule has 0 aliphatic carbocycles. The zero-order valence-electron chi connectivity index (χ0n) is 6.76. The second-order valence-corrected chi connectivity index (χ2v) is 2.32. The third kappa shape index (κ3) is 1.56. The highest BCUT2D eigenvalue weighted by atomic mass is 19.3. The second kappa shape index (κ2) is 3.44. The topological polar surface area (TPSA) is 64.7 Å². The van der Waals surface area contributed by atoms with Crippen molar-refractivity contribution in [3.8, 4) is 11.7 Å². The van der Waals surface area contributed by atoms with Crippen molar-refractivity contribution >= 4 is 0 Å². The van der Waals surface area contributed by atoms with Gasteiger partial charge in [-0.05, 0) is 6.07 Å². The molecule has 72 valence electrons. The van der Waals surface area contributed by atoms with E-state index in [1.807, 2.05) is 0 Å². The minimum atomic E-state index is -2.78. The summed E-state index contributed by atoms with van der Waals surface area (Å²) in [6.45, 7) is 0. The summed E-state index contributed by atoms with van der Waals surface area (Å²) in [7, 11) is 0. The highest BCUT2D eigenvalue weighted by Gasteiger charge is 2.17. The number of alkyl halides is 2. The molecule has 0 atom stereocenters. The average Bonchev–Trinajstić information content (AvgIpc) is 2.68. The third-order valence-electron chi connectivity index (χ3n) is 1.38. The fourth-order valence-corrected chi connectivity index (χ4v) is 0.823. The van der Waals surface area contributed by atoms with E-state index < -0.39 is 12.3 Å². The van der Waals surface area contributed by atoms with Gasteiger partial charge >= 0.3 is 6.43 Å². The maximum Gasteiger partial charge on any atom is 0.314 e. The van der Waals surface area contributed by atoms with Crippen molar-refractivity contribution in [3.63, 3.8) is 0 Å². The van der Waals surface area contributed by atoms with Crippen LogP contribution in [0.25, 0.3) is 11.7 Å². The van der Waals surface area contributed by atoms with Gasteiger partial charge in [-0.25, -0.2) is 9.97 Å². The van der Waals surface area contributed by atoms with E-state index in [0.29, 0.717) is 0 Å². The van der Waals surface area contributed by atoms with E-state index in [2.05, 4.69) is 24.6 Å². The van der Waals surface area contributed by atoms with Crippen LogP contribution in [-0.4, -0.2) is 20.2 Å². The molecule has 5 nitrogen and oxygen atoms in total. The summed E-state index contributed by atoms with van der Waals surface area (Å²) in [5.41, 5.74) is 0. The number of hydrogen-bond acceptors (Lipinski definition) is 5. The first-order valence-corrected chi connectivity index (χ1v) is 3.66. The van der Waals surface area contributed by atoms with Crippen molar-refractivity contribution < 1.29 is 13.2 Å². The summed E-state index contributed by atoms with van der Waals surface area (Å²) < 4.78 is 28.8. The van der Waals surface area contributed by atoms with Gasteiger partial charge in [-0.2, -0.15) is 8.78 Å². The molecule has 0 radical (unpaired) electrons. The molecule has 7 heteroatoms. The van der Waals surface area contributed by atoms with Crippen LogP contribution in [0.5, 0.6) is 0 Å². The molecule has 0 aliphatic heterocycles. The van der Waals surface area contributed by atoms with E-state index in [4.69, 9.17) is 0 Å². The van der Waals surface area contributed by atoms with Gasteiger partial charge in [0.15, 0.2) is 0 Å². The fraction of sp³-hybridized carbons (Fsp3) is 0.143. The van der Waals surface area contributed by atoms with Gasteiger partial charge in [0.1, 0.15) is 0 Å². The first-order valence-electron chi connectivity index (χ1n) is 3.66. The van der Waals surface area contributed by atoms with Gasteiger partial charge in [0.2, 0.25) is 5.82 Å². The first kappa shape index (κ1) is 8.67. The molecule has 0 saturated heterocycles. The Morgan fingerprint density at radius 1 is 1.14 bits per heavy atom. The lowest BCUT2D eigenvalue weighted by Crippen LogP contribution is -1.85. The van der Waals surface area contributed by atoms with Crippen molar-refractivity contribution in [3.05, 3.63) is 24.4 Å². The van der Waals surface area contributed by atoms with Gasteiger partial charge in [0, 0.05) is 12.4 Å². The normalized spacial score (nSPS) is 10.8. The monoisotopic (exact) mass is 198 g/mol. The summed E-state index contributed by atoms with van der Waals surface area (Å²) in [5, 5.41) is 6.53. The Morgan fingerprint density at radius 2 is 1.86 bits per heavy atom. The standard InChI is InChI=1S/C7H4F2N4O/c8-4(9)6-12-13-7(14-6)5-10-2-1-3-11-5/h1-4H. The second-order valence-electron chi connectivity index (χ2n) is 2.32. The Kier molecular flexibility index (Phi) is 2.13. The van der Waals surface area contributed by atoms with E-state index in [1.54, 1.807) is 6.07 Å². The van der Waals surface area contributed by atoms with Crippen LogP contribution in [0.15, 0.2) is 22.9 Å². The highest BCUT2D eigenvalue weighted by molar-refractivity contribution is 5.37. The Balaban J connectivity index is 2.34. The molecule has 2 rings (SSSR count). The molecule has 2 aromatic rings.